The van der Waals surface area contributed by atoms with Crippen LogP contribution >= 0.6 is 0 Å². The maximum Gasteiger partial charge on any atom is 0.122 e. The summed E-state index contributed by atoms with van der Waals surface area (Å²) in [6.07, 6.45) is 6.90. The van der Waals surface area contributed by atoms with E-state index in [1.807, 2.05) is 6.07 Å². The SMILES string of the molecule is c1ccc(CN2CCC(NC[C@H](c3ccco3)N3CCCC3)CC2)cc1. The van der Waals surface area contributed by atoms with Crippen molar-refractivity contribution in [3.63, 3.8) is 0 Å². The molecule has 3 heterocycles. The van der Waals surface area contributed by atoms with Gasteiger partial charge in [0.15, 0.2) is 0 Å². The van der Waals surface area contributed by atoms with E-state index in [9.17, 15) is 0 Å². The zero-order valence-electron chi connectivity index (χ0n) is 15.6. The first-order valence-electron chi connectivity index (χ1n) is 10.2. The molecule has 0 radical (unpaired) electrons. The molecule has 1 N–H and O–H groups in total. The van der Waals surface area contributed by atoms with Crippen LogP contribution in [0.25, 0.3) is 0 Å². The zero-order valence-corrected chi connectivity index (χ0v) is 15.6. The molecule has 4 nitrogen and oxygen atoms in total. The lowest BCUT2D eigenvalue weighted by Gasteiger charge is -2.34. The fourth-order valence-corrected chi connectivity index (χ4v) is 4.36. The molecule has 0 saturated carbocycles. The topological polar surface area (TPSA) is 31.6 Å². The van der Waals surface area contributed by atoms with Crippen molar-refractivity contribution in [3.8, 4) is 0 Å². The minimum absolute atomic E-state index is 0.384. The van der Waals surface area contributed by atoms with E-state index >= 15 is 0 Å². The van der Waals surface area contributed by atoms with Crippen LogP contribution in [0.5, 0.6) is 0 Å². The van der Waals surface area contributed by atoms with E-state index in [4.69, 9.17) is 4.42 Å². The Labute approximate surface area is 157 Å². The predicted octanol–water partition coefficient (Wildman–Crippen LogP) is 3.67. The normalized spacial score (nSPS) is 21.2. The van der Waals surface area contributed by atoms with Gasteiger partial charge in [0.1, 0.15) is 5.76 Å². The lowest BCUT2D eigenvalue weighted by molar-refractivity contribution is 0.169. The largest absolute Gasteiger partial charge is 0.468 e. The molecule has 0 unspecified atom stereocenters. The maximum absolute atomic E-state index is 5.74. The molecule has 1 aromatic heterocycles. The number of hydrogen-bond acceptors (Lipinski definition) is 4. The second kappa shape index (κ2) is 8.85. The summed E-state index contributed by atoms with van der Waals surface area (Å²) in [5.74, 6) is 1.11. The molecule has 26 heavy (non-hydrogen) atoms. The molecule has 0 aliphatic carbocycles. The summed E-state index contributed by atoms with van der Waals surface area (Å²) in [5, 5.41) is 3.84. The summed E-state index contributed by atoms with van der Waals surface area (Å²) >= 11 is 0. The van der Waals surface area contributed by atoms with E-state index in [0.29, 0.717) is 12.1 Å². The summed E-state index contributed by atoms with van der Waals surface area (Å²) in [6, 6.07) is 16.0. The Morgan fingerprint density at radius 1 is 0.962 bits per heavy atom. The van der Waals surface area contributed by atoms with Crippen molar-refractivity contribution in [2.24, 2.45) is 0 Å². The molecule has 4 heteroatoms. The summed E-state index contributed by atoms with van der Waals surface area (Å²) in [6.45, 7) is 6.84. The van der Waals surface area contributed by atoms with Crippen molar-refractivity contribution >= 4 is 0 Å². The molecule has 140 valence electrons. The summed E-state index contributed by atoms with van der Waals surface area (Å²) in [5.41, 5.74) is 1.42. The van der Waals surface area contributed by atoms with E-state index in [2.05, 4.69) is 51.5 Å². The molecule has 4 rings (SSSR count). The highest BCUT2D eigenvalue weighted by Crippen LogP contribution is 2.25. The van der Waals surface area contributed by atoms with Gasteiger partial charge in [0.25, 0.3) is 0 Å². The second-order valence-electron chi connectivity index (χ2n) is 7.72. The Kier molecular flexibility index (Phi) is 6.05. The van der Waals surface area contributed by atoms with Crippen LogP contribution in [0.1, 0.15) is 43.0 Å². The van der Waals surface area contributed by atoms with E-state index in [0.717, 1.165) is 18.8 Å². The Balaban J connectivity index is 1.25. The van der Waals surface area contributed by atoms with Gasteiger partial charge < -0.3 is 9.73 Å². The van der Waals surface area contributed by atoms with Gasteiger partial charge in [0.2, 0.25) is 0 Å². The van der Waals surface area contributed by atoms with Gasteiger partial charge in [0, 0.05) is 19.1 Å². The molecule has 2 fully saturated rings. The number of piperidine rings is 1. The van der Waals surface area contributed by atoms with Gasteiger partial charge in [-0.3, -0.25) is 9.80 Å². The number of furan rings is 1. The van der Waals surface area contributed by atoms with Gasteiger partial charge in [-0.15, -0.1) is 0 Å². The molecule has 2 saturated heterocycles. The Morgan fingerprint density at radius 2 is 1.73 bits per heavy atom. The molecule has 1 atom stereocenters. The lowest BCUT2D eigenvalue weighted by atomic mass is 10.0. The van der Waals surface area contributed by atoms with Gasteiger partial charge in [0.05, 0.1) is 12.3 Å². The van der Waals surface area contributed by atoms with Crippen LogP contribution in [-0.4, -0.2) is 48.6 Å². The van der Waals surface area contributed by atoms with Crippen LogP contribution in [0.4, 0.5) is 0 Å². The van der Waals surface area contributed by atoms with Crippen molar-refractivity contribution in [3.05, 3.63) is 60.1 Å². The molecule has 2 aliphatic heterocycles. The van der Waals surface area contributed by atoms with Gasteiger partial charge in [-0.25, -0.2) is 0 Å². The number of hydrogen-bond donors (Lipinski definition) is 1. The average Bonchev–Trinajstić information content (AvgIpc) is 3.39. The first-order chi connectivity index (χ1) is 12.9. The molecule has 0 bridgehead atoms. The second-order valence-corrected chi connectivity index (χ2v) is 7.72. The number of nitrogens with one attached hydrogen (secondary N) is 1. The minimum Gasteiger partial charge on any atom is -0.468 e. The summed E-state index contributed by atoms with van der Waals surface area (Å²) in [7, 11) is 0. The summed E-state index contributed by atoms with van der Waals surface area (Å²) in [4.78, 5) is 5.16. The number of likely N-dealkylation sites (tertiary alicyclic amines) is 2. The van der Waals surface area contributed by atoms with Gasteiger partial charge >= 0.3 is 0 Å². The third kappa shape index (κ3) is 4.56. The molecular formula is C22H31N3O. The molecule has 2 aliphatic rings. The van der Waals surface area contributed by atoms with Crippen molar-refractivity contribution in [2.45, 2.75) is 44.3 Å². The quantitative estimate of drug-likeness (QED) is 0.823. The first-order valence-corrected chi connectivity index (χ1v) is 10.2. The zero-order chi connectivity index (χ0) is 17.6. The maximum atomic E-state index is 5.74. The van der Waals surface area contributed by atoms with Gasteiger partial charge in [-0.1, -0.05) is 30.3 Å². The summed E-state index contributed by atoms with van der Waals surface area (Å²) < 4.78 is 5.74. The number of rotatable bonds is 7. The van der Waals surface area contributed by atoms with E-state index < -0.39 is 0 Å². The molecule has 0 spiro atoms. The fourth-order valence-electron chi connectivity index (χ4n) is 4.36. The van der Waals surface area contributed by atoms with Crippen molar-refractivity contribution in [1.82, 2.24) is 15.1 Å². The number of nitrogens with zero attached hydrogens (tertiary/aromatic N) is 2. The minimum atomic E-state index is 0.384. The predicted molar refractivity (Wildman–Crippen MR) is 105 cm³/mol. The van der Waals surface area contributed by atoms with Crippen LogP contribution in [0.15, 0.2) is 53.1 Å². The van der Waals surface area contributed by atoms with Crippen molar-refractivity contribution < 1.29 is 4.42 Å². The van der Waals surface area contributed by atoms with E-state index in [1.165, 1.54) is 57.4 Å². The van der Waals surface area contributed by atoms with Gasteiger partial charge in [-0.05, 0) is 69.6 Å². The van der Waals surface area contributed by atoms with Crippen LogP contribution in [-0.2, 0) is 6.54 Å². The van der Waals surface area contributed by atoms with Gasteiger partial charge in [-0.2, -0.15) is 0 Å². The lowest BCUT2D eigenvalue weighted by Crippen LogP contribution is -2.45. The standard InChI is InChI=1S/C22H31N3O/c1-2-7-19(8-3-1)18-24-14-10-20(11-15-24)23-17-21(22-9-6-16-26-22)25-12-4-5-13-25/h1-3,6-9,16,20-21,23H,4-5,10-15,17-18H2/t21-/m1/s1. The van der Waals surface area contributed by atoms with Crippen LogP contribution < -0.4 is 5.32 Å². The van der Waals surface area contributed by atoms with Crippen LogP contribution in [0.2, 0.25) is 0 Å². The first kappa shape index (κ1) is 17.8. The fraction of sp³-hybridized carbons (Fsp3) is 0.545. The molecular weight excluding hydrogens is 322 g/mol. The van der Waals surface area contributed by atoms with Crippen molar-refractivity contribution in [1.29, 1.82) is 0 Å². The highest BCUT2D eigenvalue weighted by Gasteiger charge is 2.27. The highest BCUT2D eigenvalue weighted by molar-refractivity contribution is 5.14. The molecule has 0 amide bonds. The van der Waals surface area contributed by atoms with Crippen LogP contribution in [0, 0.1) is 0 Å². The van der Waals surface area contributed by atoms with Crippen molar-refractivity contribution in [2.75, 3.05) is 32.7 Å². The number of benzene rings is 1. The third-order valence-corrected chi connectivity index (χ3v) is 5.89. The monoisotopic (exact) mass is 353 g/mol. The Morgan fingerprint density at radius 3 is 2.42 bits per heavy atom. The molecule has 1 aromatic carbocycles. The van der Waals surface area contributed by atoms with E-state index in [1.54, 1.807) is 6.26 Å². The Bertz CT molecular complexity index is 629. The van der Waals surface area contributed by atoms with Crippen LogP contribution in [0.3, 0.4) is 0 Å². The smallest absolute Gasteiger partial charge is 0.122 e. The Hall–Kier alpha value is -1.62. The van der Waals surface area contributed by atoms with E-state index in [-0.39, 0.29) is 0 Å². The average molecular weight is 354 g/mol. The molecule has 2 aromatic rings. The highest BCUT2D eigenvalue weighted by atomic mass is 16.3. The third-order valence-electron chi connectivity index (χ3n) is 5.89.